The third-order valence-corrected chi connectivity index (χ3v) is 7.55. The van der Waals surface area contributed by atoms with Gasteiger partial charge in [-0.05, 0) is 57.2 Å². The van der Waals surface area contributed by atoms with E-state index in [1.165, 1.54) is 5.56 Å². The van der Waals surface area contributed by atoms with Gasteiger partial charge in [0.2, 0.25) is 0 Å². The lowest BCUT2D eigenvalue weighted by molar-refractivity contribution is 0.0750. The third-order valence-electron chi connectivity index (χ3n) is 5.38. The van der Waals surface area contributed by atoms with Gasteiger partial charge in [0.1, 0.15) is 11.5 Å². The fourth-order valence-electron chi connectivity index (χ4n) is 3.71. The van der Waals surface area contributed by atoms with Crippen LogP contribution in [0.5, 0.6) is 11.5 Å². The minimum absolute atomic E-state index is 0.0805. The van der Waals surface area contributed by atoms with E-state index in [0.29, 0.717) is 62.4 Å². The zero-order valence-electron chi connectivity index (χ0n) is 20.8. The van der Waals surface area contributed by atoms with Crippen LogP contribution >= 0.6 is 7.60 Å². The first-order valence-corrected chi connectivity index (χ1v) is 13.6. The molecule has 1 amide bonds. The van der Waals surface area contributed by atoms with E-state index >= 15 is 0 Å². The molecule has 188 valence electrons. The second-order valence-electron chi connectivity index (χ2n) is 7.86. The number of benzene rings is 2. The number of carbonyl (C=O) groups is 1. The first-order chi connectivity index (χ1) is 16.4. The van der Waals surface area contributed by atoms with Crippen molar-refractivity contribution in [1.82, 2.24) is 4.90 Å². The molecule has 0 aromatic heterocycles. The topological polar surface area (TPSA) is 74.3 Å². The molecule has 2 aromatic rings. The van der Waals surface area contributed by atoms with Crippen molar-refractivity contribution in [2.24, 2.45) is 0 Å². The molecule has 7 nitrogen and oxygen atoms in total. The fraction of sp³-hybridized carbons (Fsp3) is 0.500. The van der Waals surface area contributed by atoms with Gasteiger partial charge in [0.25, 0.3) is 5.91 Å². The zero-order chi connectivity index (χ0) is 24.8. The smallest absolute Gasteiger partial charge is 0.330 e. The number of hydrogen-bond donors (Lipinski definition) is 0. The average molecular weight is 492 g/mol. The second-order valence-corrected chi connectivity index (χ2v) is 10.0. The van der Waals surface area contributed by atoms with Crippen molar-refractivity contribution in [1.29, 1.82) is 0 Å². The Bertz CT molecular complexity index is 889. The minimum Gasteiger partial charge on any atom is -0.497 e. The first-order valence-electron chi connectivity index (χ1n) is 11.9. The number of ether oxygens (including phenoxy) is 2. The van der Waals surface area contributed by atoms with Crippen molar-refractivity contribution < 1.29 is 27.9 Å². The van der Waals surface area contributed by atoms with Crippen LogP contribution in [0.4, 0.5) is 0 Å². The summed E-state index contributed by atoms with van der Waals surface area (Å²) in [6.07, 6.45) is 3.40. The molecule has 0 saturated heterocycles. The highest BCUT2D eigenvalue weighted by atomic mass is 31.2. The lowest BCUT2D eigenvalue weighted by atomic mass is 10.1. The number of aryl methyl sites for hydroxylation is 1. The fourth-order valence-corrected chi connectivity index (χ4v) is 5.45. The van der Waals surface area contributed by atoms with Gasteiger partial charge >= 0.3 is 7.60 Å². The summed E-state index contributed by atoms with van der Waals surface area (Å²) >= 11 is 0. The van der Waals surface area contributed by atoms with Crippen LogP contribution in [-0.4, -0.2) is 57.5 Å². The summed E-state index contributed by atoms with van der Waals surface area (Å²) in [6, 6.07) is 15.4. The van der Waals surface area contributed by atoms with Crippen LogP contribution in [0, 0.1) is 0 Å². The Labute approximate surface area is 203 Å². The lowest BCUT2D eigenvalue weighted by Gasteiger charge is -2.24. The summed E-state index contributed by atoms with van der Waals surface area (Å²) in [4.78, 5) is 15.3. The van der Waals surface area contributed by atoms with Crippen molar-refractivity contribution in [3.63, 3.8) is 0 Å². The lowest BCUT2D eigenvalue weighted by Crippen LogP contribution is -2.33. The Kier molecular flexibility index (Phi) is 12.2. The van der Waals surface area contributed by atoms with E-state index in [9.17, 15) is 9.36 Å². The van der Waals surface area contributed by atoms with Crippen molar-refractivity contribution >= 4 is 13.5 Å². The van der Waals surface area contributed by atoms with Crippen LogP contribution in [0.2, 0.25) is 0 Å². The normalized spacial score (nSPS) is 11.3. The Morgan fingerprint density at radius 3 is 2.00 bits per heavy atom. The number of carbonyl (C=O) groups excluding carboxylic acids is 1. The van der Waals surface area contributed by atoms with Gasteiger partial charge < -0.3 is 23.4 Å². The van der Waals surface area contributed by atoms with Crippen molar-refractivity contribution in [2.75, 3.05) is 46.7 Å². The van der Waals surface area contributed by atoms with Crippen LogP contribution in [-0.2, 0) is 20.0 Å². The molecule has 0 aliphatic rings. The van der Waals surface area contributed by atoms with E-state index in [4.69, 9.17) is 18.5 Å². The molecule has 0 heterocycles. The molecule has 2 aromatic carbocycles. The Hall–Kier alpha value is -2.34. The molecule has 0 N–H and O–H groups in total. The molecule has 0 atom stereocenters. The summed E-state index contributed by atoms with van der Waals surface area (Å²) in [5.74, 6) is 1.06. The summed E-state index contributed by atoms with van der Waals surface area (Å²) in [7, 11) is 0.0502. The van der Waals surface area contributed by atoms with Gasteiger partial charge in [-0.1, -0.05) is 30.3 Å². The van der Waals surface area contributed by atoms with Gasteiger partial charge in [0.15, 0.2) is 0 Å². The second kappa shape index (κ2) is 14.8. The van der Waals surface area contributed by atoms with E-state index in [1.807, 2.05) is 23.1 Å². The third kappa shape index (κ3) is 9.13. The SMILES string of the molecule is CCOP(=O)(CCCCN(CCCc1ccccc1)C(=O)c1cc(OC)cc(OC)c1)OCC. The van der Waals surface area contributed by atoms with Gasteiger partial charge in [-0.2, -0.15) is 0 Å². The molecule has 0 aliphatic carbocycles. The highest BCUT2D eigenvalue weighted by Crippen LogP contribution is 2.48. The van der Waals surface area contributed by atoms with Crippen LogP contribution in [0.25, 0.3) is 0 Å². The summed E-state index contributed by atoms with van der Waals surface area (Å²) < 4.78 is 34.2. The van der Waals surface area contributed by atoms with Crippen molar-refractivity contribution in [2.45, 2.75) is 39.5 Å². The van der Waals surface area contributed by atoms with Gasteiger partial charge in [-0.25, -0.2) is 0 Å². The summed E-state index contributed by atoms with van der Waals surface area (Å²) in [5, 5.41) is 0. The monoisotopic (exact) mass is 491 g/mol. The number of nitrogens with zero attached hydrogens (tertiary/aromatic N) is 1. The first kappa shape index (κ1) is 27.9. The van der Waals surface area contributed by atoms with Crippen LogP contribution in [0.1, 0.15) is 49.0 Å². The summed E-state index contributed by atoms with van der Waals surface area (Å²) in [5.41, 5.74) is 1.76. The molecule has 0 radical (unpaired) electrons. The standard InChI is InChI=1S/C26H38NO6P/c1-5-32-34(29,33-6-2)18-11-10-16-27(17-12-15-22-13-8-7-9-14-22)26(28)23-19-24(30-3)21-25(20-23)31-4/h7-9,13-14,19-21H,5-6,10-12,15-18H2,1-4H3. The maximum Gasteiger partial charge on any atom is 0.330 e. The molecule has 0 saturated carbocycles. The molecule has 0 bridgehead atoms. The molecule has 0 unspecified atom stereocenters. The van der Waals surface area contributed by atoms with E-state index < -0.39 is 7.60 Å². The number of unbranched alkanes of at least 4 members (excludes halogenated alkanes) is 1. The van der Waals surface area contributed by atoms with Gasteiger partial charge in [-0.3, -0.25) is 9.36 Å². The number of hydrogen-bond acceptors (Lipinski definition) is 6. The molecule has 0 fully saturated rings. The van der Waals surface area contributed by atoms with E-state index in [-0.39, 0.29) is 5.91 Å². The van der Waals surface area contributed by atoms with Crippen LogP contribution in [0.3, 0.4) is 0 Å². The summed E-state index contributed by atoms with van der Waals surface area (Å²) in [6.45, 7) is 5.47. The predicted octanol–water partition coefficient (Wildman–Crippen LogP) is 5.83. The highest BCUT2D eigenvalue weighted by Gasteiger charge is 2.23. The number of amides is 1. The zero-order valence-corrected chi connectivity index (χ0v) is 21.7. The largest absolute Gasteiger partial charge is 0.497 e. The Balaban J connectivity index is 2.07. The predicted molar refractivity (Wildman–Crippen MR) is 135 cm³/mol. The van der Waals surface area contributed by atoms with Crippen LogP contribution < -0.4 is 9.47 Å². The average Bonchev–Trinajstić information content (AvgIpc) is 2.85. The highest BCUT2D eigenvalue weighted by molar-refractivity contribution is 7.53. The molecule has 0 spiro atoms. The Morgan fingerprint density at radius 1 is 0.853 bits per heavy atom. The van der Waals surface area contributed by atoms with Crippen molar-refractivity contribution in [3.8, 4) is 11.5 Å². The van der Waals surface area contributed by atoms with E-state index in [0.717, 1.165) is 12.8 Å². The minimum atomic E-state index is -3.08. The van der Waals surface area contributed by atoms with Crippen molar-refractivity contribution in [3.05, 3.63) is 59.7 Å². The maximum atomic E-state index is 13.4. The van der Waals surface area contributed by atoms with E-state index in [2.05, 4.69) is 12.1 Å². The molecular formula is C26H38NO6P. The van der Waals surface area contributed by atoms with Gasteiger partial charge in [-0.15, -0.1) is 0 Å². The van der Waals surface area contributed by atoms with E-state index in [1.54, 1.807) is 46.3 Å². The molecular weight excluding hydrogens is 453 g/mol. The number of rotatable bonds is 16. The van der Waals surface area contributed by atoms with Gasteiger partial charge in [0.05, 0.1) is 33.6 Å². The molecule has 0 aliphatic heterocycles. The number of methoxy groups -OCH3 is 2. The Morgan fingerprint density at radius 2 is 1.44 bits per heavy atom. The molecule has 8 heteroatoms. The van der Waals surface area contributed by atoms with Crippen LogP contribution in [0.15, 0.2) is 48.5 Å². The molecule has 2 rings (SSSR count). The maximum absolute atomic E-state index is 13.4. The molecule has 34 heavy (non-hydrogen) atoms. The quantitative estimate of drug-likeness (QED) is 0.217. The van der Waals surface area contributed by atoms with Gasteiger partial charge in [0, 0.05) is 24.7 Å².